The number of aryl methyl sites for hydroxylation is 1. The van der Waals surface area contributed by atoms with Crippen molar-refractivity contribution in [2.45, 2.75) is 64.5 Å². The number of halogens is 2. The number of rotatable bonds is 4. The van der Waals surface area contributed by atoms with Gasteiger partial charge in [0.15, 0.2) is 5.82 Å². The first-order chi connectivity index (χ1) is 10.7. The Labute approximate surface area is 156 Å². The van der Waals surface area contributed by atoms with E-state index in [1.165, 1.54) is 12.8 Å². The van der Waals surface area contributed by atoms with Gasteiger partial charge in [0.2, 0.25) is 5.91 Å². The number of fused-ring (bicyclic) bond motifs is 1. The molecule has 3 rings (SSSR count). The summed E-state index contributed by atoms with van der Waals surface area (Å²) in [5.74, 6) is 2.50. The van der Waals surface area contributed by atoms with Gasteiger partial charge in [0.1, 0.15) is 5.82 Å². The molecule has 1 amide bonds. The summed E-state index contributed by atoms with van der Waals surface area (Å²) in [7, 11) is 0. The average molecular weight is 378 g/mol. The molecule has 24 heavy (non-hydrogen) atoms. The smallest absolute Gasteiger partial charge is 0.224 e. The lowest BCUT2D eigenvalue weighted by Crippen LogP contribution is -2.37. The van der Waals surface area contributed by atoms with Crippen LogP contribution in [-0.4, -0.2) is 27.2 Å². The van der Waals surface area contributed by atoms with Crippen LogP contribution >= 0.6 is 24.8 Å². The highest BCUT2D eigenvalue weighted by Crippen LogP contribution is 2.31. The second-order valence-electron chi connectivity index (χ2n) is 6.70. The van der Waals surface area contributed by atoms with Gasteiger partial charge in [-0.05, 0) is 45.1 Å². The molecule has 3 N–H and O–H groups in total. The quantitative estimate of drug-likeness (QED) is 0.843. The fraction of sp³-hybridized carbons (Fsp3) is 0.812. The Hall–Kier alpha value is -0.850. The fourth-order valence-electron chi connectivity index (χ4n) is 3.88. The molecule has 0 aromatic carbocycles. The van der Waals surface area contributed by atoms with Crippen LogP contribution in [0.3, 0.4) is 0 Å². The van der Waals surface area contributed by atoms with E-state index >= 15 is 0 Å². The van der Waals surface area contributed by atoms with Gasteiger partial charge in [-0.1, -0.05) is 12.8 Å². The molecule has 0 bridgehead atoms. The number of carbonyl (C=O) groups excluding carboxylic acids is 1. The third kappa shape index (κ3) is 4.41. The maximum Gasteiger partial charge on any atom is 0.224 e. The number of carbonyl (C=O) groups is 1. The molecule has 8 heteroatoms. The Morgan fingerprint density at radius 1 is 1.25 bits per heavy atom. The van der Waals surface area contributed by atoms with E-state index in [1.807, 2.05) is 6.92 Å². The number of nitrogens with zero attached hydrogens (tertiary/aromatic N) is 3. The zero-order valence-electron chi connectivity index (χ0n) is 14.2. The highest BCUT2D eigenvalue weighted by molar-refractivity contribution is 5.85. The molecule has 1 fully saturated rings. The predicted molar refractivity (Wildman–Crippen MR) is 98.5 cm³/mol. The van der Waals surface area contributed by atoms with Gasteiger partial charge in [0, 0.05) is 18.9 Å². The van der Waals surface area contributed by atoms with Crippen LogP contribution in [-0.2, 0) is 17.8 Å². The molecule has 138 valence electrons. The second kappa shape index (κ2) is 9.59. The van der Waals surface area contributed by atoms with Gasteiger partial charge in [-0.15, -0.1) is 35.0 Å². The fourth-order valence-corrected chi connectivity index (χ4v) is 3.88. The number of aromatic nitrogens is 3. The summed E-state index contributed by atoms with van der Waals surface area (Å²) >= 11 is 0. The van der Waals surface area contributed by atoms with Crippen LogP contribution in [0.15, 0.2) is 0 Å². The van der Waals surface area contributed by atoms with Gasteiger partial charge in [0.25, 0.3) is 0 Å². The maximum atomic E-state index is 12.5. The topological polar surface area (TPSA) is 85.8 Å². The minimum absolute atomic E-state index is 0. The van der Waals surface area contributed by atoms with Gasteiger partial charge >= 0.3 is 0 Å². The highest BCUT2D eigenvalue weighted by atomic mass is 35.5. The van der Waals surface area contributed by atoms with Crippen molar-refractivity contribution < 1.29 is 4.79 Å². The summed E-state index contributed by atoms with van der Waals surface area (Å²) in [6, 6.07) is -0.0918. The van der Waals surface area contributed by atoms with Crippen molar-refractivity contribution in [3.63, 3.8) is 0 Å². The number of nitrogens with two attached hydrogens (primary N) is 1. The first kappa shape index (κ1) is 21.2. The SMILES string of the molecule is C[C@@H](NC(=O)[C@@H]1CCC[C@@H]1CN)c1nnc2n1CCCCC2.Cl.Cl. The minimum atomic E-state index is -0.0918. The molecule has 6 nitrogen and oxygen atoms in total. The molecular weight excluding hydrogens is 349 g/mol. The molecule has 1 aliphatic carbocycles. The molecule has 1 aliphatic heterocycles. The molecule has 0 radical (unpaired) electrons. The Morgan fingerprint density at radius 2 is 2.04 bits per heavy atom. The van der Waals surface area contributed by atoms with E-state index in [4.69, 9.17) is 5.73 Å². The lowest BCUT2D eigenvalue weighted by Gasteiger charge is -2.21. The van der Waals surface area contributed by atoms with Gasteiger partial charge in [0.05, 0.1) is 6.04 Å². The van der Waals surface area contributed by atoms with E-state index in [0.717, 1.165) is 50.3 Å². The van der Waals surface area contributed by atoms with E-state index in [9.17, 15) is 4.79 Å². The third-order valence-corrected chi connectivity index (χ3v) is 5.18. The monoisotopic (exact) mass is 377 g/mol. The molecule has 2 aliphatic rings. The molecule has 0 spiro atoms. The summed E-state index contributed by atoms with van der Waals surface area (Å²) in [5.41, 5.74) is 5.79. The van der Waals surface area contributed by atoms with Crippen LogP contribution in [0, 0.1) is 11.8 Å². The lowest BCUT2D eigenvalue weighted by atomic mass is 9.95. The van der Waals surface area contributed by atoms with Crippen molar-refractivity contribution in [3.05, 3.63) is 11.6 Å². The van der Waals surface area contributed by atoms with E-state index in [-0.39, 0.29) is 42.7 Å². The van der Waals surface area contributed by atoms with Crippen LogP contribution in [0.2, 0.25) is 0 Å². The minimum Gasteiger partial charge on any atom is -0.346 e. The summed E-state index contributed by atoms with van der Waals surface area (Å²) in [4.78, 5) is 12.5. The van der Waals surface area contributed by atoms with E-state index in [0.29, 0.717) is 12.5 Å². The maximum absolute atomic E-state index is 12.5. The van der Waals surface area contributed by atoms with E-state index in [1.54, 1.807) is 0 Å². The summed E-state index contributed by atoms with van der Waals surface area (Å²) < 4.78 is 2.20. The Balaban J connectivity index is 0.00000144. The highest BCUT2D eigenvalue weighted by Gasteiger charge is 2.33. The molecule has 1 aromatic heterocycles. The molecule has 2 heterocycles. The van der Waals surface area contributed by atoms with Crippen LogP contribution in [0.1, 0.15) is 63.1 Å². The Morgan fingerprint density at radius 3 is 2.79 bits per heavy atom. The van der Waals surface area contributed by atoms with Crippen molar-refractivity contribution in [1.82, 2.24) is 20.1 Å². The van der Waals surface area contributed by atoms with Crippen molar-refractivity contribution in [1.29, 1.82) is 0 Å². The Bertz CT molecular complexity index is 537. The van der Waals surface area contributed by atoms with Crippen LogP contribution in [0.5, 0.6) is 0 Å². The standard InChI is InChI=1S/C16H27N5O.2ClH/c1-11(18-16(22)13-7-5-6-12(13)10-17)15-20-19-14-8-3-2-4-9-21(14)15;;/h11-13H,2-10,17H2,1H3,(H,18,22);2*1H/t11-,12-,13-;;/m1../s1. The van der Waals surface area contributed by atoms with Crippen LogP contribution in [0.4, 0.5) is 0 Å². The summed E-state index contributed by atoms with van der Waals surface area (Å²) in [6.45, 7) is 3.58. The number of nitrogens with one attached hydrogen (secondary N) is 1. The van der Waals surface area contributed by atoms with Gasteiger partial charge in [-0.2, -0.15) is 0 Å². The second-order valence-corrected chi connectivity index (χ2v) is 6.70. The zero-order chi connectivity index (χ0) is 15.5. The van der Waals surface area contributed by atoms with Crippen LogP contribution < -0.4 is 11.1 Å². The van der Waals surface area contributed by atoms with Crippen molar-refractivity contribution in [3.8, 4) is 0 Å². The first-order valence-corrected chi connectivity index (χ1v) is 8.63. The van der Waals surface area contributed by atoms with Gasteiger partial charge in [-0.25, -0.2) is 0 Å². The van der Waals surface area contributed by atoms with Gasteiger partial charge in [-0.3, -0.25) is 4.79 Å². The molecule has 0 unspecified atom stereocenters. The van der Waals surface area contributed by atoms with Crippen molar-refractivity contribution >= 4 is 30.7 Å². The lowest BCUT2D eigenvalue weighted by molar-refractivity contribution is -0.126. The largest absolute Gasteiger partial charge is 0.346 e. The Kier molecular flexibility index (Phi) is 8.46. The number of hydrogen-bond acceptors (Lipinski definition) is 4. The average Bonchev–Trinajstić information content (AvgIpc) is 3.08. The first-order valence-electron chi connectivity index (χ1n) is 8.63. The van der Waals surface area contributed by atoms with E-state index < -0.39 is 0 Å². The summed E-state index contributed by atoms with van der Waals surface area (Å²) in [6.07, 6.45) is 7.71. The van der Waals surface area contributed by atoms with Gasteiger partial charge < -0.3 is 15.6 Å². The number of amides is 1. The van der Waals surface area contributed by atoms with Crippen molar-refractivity contribution in [2.75, 3.05) is 6.54 Å². The third-order valence-electron chi connectivity index (χ3n) is 5.18. The molecule has 1 saturated carbocycles. The molecular formula is C16H29Cl2N5O. The van der Waals surface area contributed by atoms with E-state index in [2.05, 4.69) is 20.1 Å². The molecule has 1 aromatic rings. The summed E-state index contributed by atoms with van der Waals surface area (Å²) in [5, 5.41) is 11.8. The number of hydrogen-bond donors (Lipinski definition) is 2. The predicted octanol–water partition coefficient (Wildman–Crippen LogP) is 2.40. The molecule has 3 atom stereocenters. The van der Waals surface area contributed by atoms with Crippen LogP contribution in [0.25, 0.3) is 0 Å². The zero-order valence-corrected chi connectivity index (χ0v) is 15.9. The molecule has 0 saturated heterocycles. The normalized spacial score (nSPS) is 24.1. The van der Waals surface area contributed by atoms with Crippen molar-refractivity contribution in [2.24, 2.45) is 17.6 Å².